The smallest absolute Gasteiger partial charge is 0.223 e. The number of nitrogens with zero attached hydrogens (tertiary/aromatic N) is 2. The Balaban J connectivity index is 1.39. The molecule has 19 heavy (non-hydrogen) atoms. The summed E-state index contributed by atoms with van der Waals surface area (Å²) in [5, 5.41) is 7.09. The highest BCUT2D eigenvalue weighted by atomic mass is 16.2. The molecule has 0 radical (unpaired) electrons. The van der Waals surface area contributed by atoms with Crippen molar-refractivity contribution in [2.75, 3.05) is 6.54 Å². The van der Waals surface area contributed by atoms with Gasteiger partial charge in [0.25, 0.3) is 0 Å². The van der Waals surface area contributed by atoms with Gasteiger partial charge < -0.3 is 4.90 Å². The van der Waals surface area contributed by atoms with Gasteiger partial charge in [-0.2, -0.15) is 5.10 Å². The molecule has 2 fully saturated rings. The van der Waals surface area contributed by atoms with E-state index in [0.717, 1.165) is 37.8 Å². The van der Waals surface area contributed by atoms with Gasteiger partial charge in [-0.3, -0.25) is 9.89 Å². The van der Waals surface area contributed by atoms with Crippen LogP contribution in [-0.2, 0) is 17.8 Å². The molecule has 2 bridgehead atoms. The SMILES string of the molecule is O=C(CC1CC2CCC1C2)N1CCc2[nH]ncc2C1. The Morgan fingerprint density at radius 2 is 2.37 bits per heavy atom. The van der Waals surface area contributed by atoms with Crippen molar-refractivity contribution in [3.63, 3.8) is 0 Å². The zero-order valence-corrected chi connectivity index (χ0v) is 11.3. The zero-order chi connectivity index (χ0) is 12.8. The quantitative estimate of drug-likeness (QED) is 0.884. The maximum atomic E-state index is 12.5. The van der Waals surface area contributed by atoms with Crippen molar-refractivity contribution in [1.29, 1.82) is 0 Å². The minimum Gasteiger partial charge on any atom is -0.338 e. The van der Waals surface area contributed by atoms with E-state index in [1.807, 2.05) is 11.1 Å². The summed E-state index contributed by atoms with van der Waals surface area (Å²) in [6.45, 7) is 1.61. The number of aromatic nitrogens is 2. The summed E-state index contributed by atoms with van der Waals surface area (Å²) in [5.41, 5.74) is 2.41. The van der Waals surface area contributed by atoms with Gasteiger partial charge in [-0.05, 0) is 37.0 Å². The lowest BCUT2D eigenvalue weighted by Gasteiger charge is -2.29. The maximum absolute atomic E-state index is 12.5. The van der Waals surface area contributed by atoms with Crippen molar-refractivity contribution >= 4 is 5.91 Å². The number of fused-ring (bicyclic) bond motifs is 3. The third kappa shape index (κ3) is 1.97. The van der Waals surface area contributed by atoms with Gasteiger partial charge in [-0.1, -0.05) is 6.42 Å². The van der Waals surface area contributed by atoms with Crippen LogP contribution in [0.4, 0.5) is 0 Å². The largest absolute Gasteiger partial charge is 0.338 e. The summed E-state index contributed by atoms with van der Waals surface area (Å²) in [7, 11) is 0. The van der Waals surface area contributed by atoms with Gasteiger partial charge in [0.15, 0.2) is 0 Å². The number of nitrogens with one attached hydrogen (secondary N) is 1. The number of H-pyrrole nitrogens is 1. The van der Waals surface area contributed by atoms with Crippen molar-refractivity contribution in [3.8, 4) is 0 Å². The normalized spacial score (nSPS) is 32.6. The van der Waals surface area contributed by atoms with Crippen LogP contribution < -0.4 is 0 Å². The van der Waals surface area contributed by atoms with Crippen LogP contribution >= 0.6 is 0 Å². The molecule has 3 aliphatic rings. The summed E-state index contributed by atoms with van der Waals surface area (Å²) < 4.78 is 0. The fraction of sp³-hybridized carbons (Fsp3) is 0.733. The van der Waals surface area contributed by atoms with E-state index in [9.17, 15) is 4.79 Å². The highest BCUT2D eigenvalue weighted by Gasteiger charge is 2.40. The van der Waals surface area contributed by atoms with Crippen LogP contribution in [0.3, 0.4) is 0 Å². The number of carbonyl (C=O) groups is 1. The Morgan fingerprint density at radius 1 is 1.42 bits per heavy atom. The van der Waals surface area contributed by atoms with Crippen LogP contribution in [-0.4, -0.2) is 27.5 Å². The molecule has 2 saturated carbocycles. The average Bonchev–Trinajstić information content (AvgIpc) is 3.13. The van der Waals surface area contributed by atoms with Crippen LogP contribution in [0.1, 0.15) is 43.4 Å². The van der Waals surface area contributed by atoms with Crippen LogP contribution in [0.25, 0.3) is 0 Å². The van der Waals surface area contributed by atoms with Crippen LogP contribution in [0, 0.1) is 17.8 Å². The minimum atomic E-state index is 0.365. The van der Waals surface area contributed by atoms with E-state index in [1.165, 1.54) is 36.9 Å². The number of amides is 1. The molecule has 3 unspecified atom stereocenters. The van der Waals surface area contributed by atoms with E-state index in [-0.39, 0.29) is 0 Å². The molecule has 1 amide bonds. The summed E-state index contributed by atoms with van der Waals surface area (Å²) >= 11 is 0. The van der Waals surface area contributed by atoms with E-state index >= 15 is 0 Å². The van der Waals surface area contributed by atoms with Gasteiger partial charge in [0.1, 0.15) is 0 Å². The molecular formula is C15H21N3O. The minimum absolute atomic E-state index is 0.365. The van der Waals surface area contributed by atoms with Gasteiger partial charge >= 0.3 is 0 Å². The Morgan fingerprint density at radius 3 is 3.16 bits per heavy atom. The molecule has 0 aromatic carbocycles. The van der Waals surface area contributed by atoms with E-state index in [2.05, 4.69) is 10.2 Å². The molecule has 1 aromatic rings. The molecule has 4 heteroatoms. The van der Waals surface area contributed by atoms with Crippen molar-refractivity contribution < 1.29 is 4.79 Å². The summed E-state index contributed by atoms with van der Waals surface area (Å²) in [4.78, 5) is 14.5. The number of hydrogen-bond donors (Lipinski definition) is 1. The third-order valence-electron chi connectivity index (χ3n) is 5.47. The molecule has 102 valence electrons. The van der Waals surface area contributed by atoms with Crippen molar-refractivity contribution in [2.24, 2.45) is 17.8 Å². The first-order chi connectivity index (χ1) is 9.29. The summed E-state index contributed by atoms with van der Waals surface area (Å²) in [5.74, 6) is 2.83. The molecule has 4 nitrogen and oxygen atoms in total. The van der Waals surface area contributed by atoms with Crippen molar-refractivity contribution in [3.05, 3.63) is 17.5 Å². The van der Waals surface area contributed by atoms with Crippen molar-refractivity contribution in [1.82, 2.24) is 15.1 Å². The average molecular weight is 259 g/mol. The molecule has 1 aliphatic heterocycles. The zero-order valence-electron chi connectivity index (χ0n) is 11.3. The Labute approximate surface area is 113 Å². The standard InChI is InChI=1S/C15H21N3O/c19-15(7-12-6-10-1-2-11(12)5-10)18-4-3-14-13(9-18)8-16-17-14/h8,10-12H,1-7,9H2,(H,16,17). The van der Waals surface area contributed by atoms with Crippen LogP contribution in [0.2, 0.25) is 0 Å². The maximum Gasteiger partial charge on any atom is 0.223 e. The predicted octanol–water partition coefficient (Wildman–Crippen LogP) is 2.12. The molecule has 2 aliphatic carbocycles. The second-order valence-electron chi connectivity index (χ2n) is 6.58. The third-order valence-corrected chi connectivity index (χ3v) is 5.47. The number of carbonyl (C=O) groups excluding carboxylic acids is 1. The first-order valence-electron chi connectivity index (χ1n) is 7.58. The molecule has 0 saturated heterocycles. The second kappa shape index (κ2) is 4.36. The van der Waals surface area contributed by atoms with Gasteiger partial charge in [0.05, 0.1) is 6.20 Å². The number of hydrogen-bond acceptors (Lipinski definition) is 2. The fourth-order valence-corrected chi connectivity index (χ4v) is 4.41. The van der Waals surface area contributed by atoms with Crippen LogP contribution in [0.5, 0.6) is 0 Å². The molecule has 1 N–H and O–H groups in total. The lowest BCUT2D eigenvalue weighted by atomic mass is 9.86. The highest BCUT2D eigenvalue weighted by Crippen LogP contribution is 2.49. The van der Waals surface area contributed by atoms with Gasteiger partial charge in [0, 0.05) is 37.2 Å². The first kappa shape index (κ1) is 11.5. The van der Waals surface area contributed by atoms with Crippen LogP contribution in [0.15, 0.2) is 6.20 Å². The monoisotopic (exact) mass is 259 g/mol. The Kier molecular flexibility index (Phi) is 2.64. The molecule has 2 heterocycles. The van der Waals surface area contributed by atoms with E-state index in [1.54, 1.807) is 0 Å². The summed E-state index contributed by atoms with van der Waals surface area (Å²) in [6, 6.07) is 0. The van der Waals surface area contributed by atoms with Gasteiger partial charge in [-0.15, -0.1) is 0 Å². The molecular weight excluding hydrogens is 238 g/mol. The van der Waals surface area contributed by atoms with E-state index in [4.69, 9.17) is 0 Å². The van der Waals surface area contributed by atoms with E-state index in [0.29, 0.717) is 11.8 Å². The van der Waals surface area contributed by atoms with Gasteiger partial charge in [-0.25, -0.2) is 0 Å². The predicted molar refractivity (Wildman–Crippen MR) is 71.3 cm³/mol. The summed E-state index contributed by atoms with van der Waals surface area (Å²) in [6.07, 6.45) is 9.06. The lowest BCUT2D eigenvalue weighted by Crippen LogP contribution is -2.37. The molecule has 1 aromatic heterocycles. The Hall–Kier alpha value is -1.32. The number of aromatic amines is 1. The Bertz CT molecular complexity index is 495. The topological polar surface area (TPSA) is 49.0 Å². The van der Waals surface area contributed by atoms with E-state index < -0.39 is 0 Å². The highest BCUT2D eigenvalue weighted by molar-refractivity contribution is 5.76. The lowest BCUT2D eigenvalue weighted by molar-refractivity contribution is -0.133. The van der Waals surface area contributed by atoms with Gasteiger partial charge in [0.2, 0.25) is 5.91 Å². The molecule has 4 rings (SSSR count). The number of rotatable bonds is 2. The molecule has 0 spiro atoms. The first-order valence-corrected chi connectivity index (χ1v) is 7.58. The second-order valence-corrected chi connectivity index (χ2v) is 6.58. The van der Waals surface area contributed by atoms with Crippen molar-refractivity contribution in [2.45, 2.75) is 45.1 Å². The molecule has 3 atom stereocenters. The fourth-order valence-electron chi connectivity index (χ4n) is 4.41.